The molecule has 0 aliphatic rings. The van der Waals surface area contributed by atoms with Crippen molar-refractivity contribution < 1.29 is 4.74 Å². The molecule has 0 amide bonds. The third-order valence-corrected chi connectivity index (χ3v) is 5.96. The predicted molar refractivity (Wildman–Crippen MR) is 119 cm³/mol. The molecular formula is C23H20ClN3OS. The molecule has 1 aromatic heterocycles. The second-order valence-corrected chi connectivity index (χ2v) is 7.86. The highest BCUT2D eigenvalue weighted by Gasteiger charge is 2.19. The second kappa shape index (κ2) is 8.72. The van der Waals surface area contributed by atoms with Gasteiger partial charge in [-0.1, -0.05) is 71.9 Å². The Balaban J connectivity index is 1.79. The first kappa shape index (κ1) is 19.6. The molecule has 29 heavy (non-hydrogen) atoms. The van der Waals surface area contributed by atoms with Crippen LogP contribution in [0, 0.1) is 6.92 Å². The van der Waals surface area contributed by atoms with Crippen LogP contribution in [-0.4, -0.2) is 21.9 Å². The maximum absolute atomic E-state index is 6.48. The van der Waals surface area contributed by atoms with Gasteiger partial charge >= 0.3 is 0 Å². The van der Waals surface area contributed by atoms with Gasteiger partial charge in [-0.3, -0.25) is 4.57 Å². The van der Waals surface area contributed by atoms with E-state index in [9.17, 15) is 0 Å². The summed E-state index contributed by atoms with van der Waals surface area (Å²) < 4.78 is 7.56. The van der Waals surface area contributed by atoms with E-state index < -0.39 is 0 Å². The first-order valence-electron chi connectivity index (χ1n) is 9.20. The lowest BCUT2D eigenvalue weighted by Gasteiger charge is -2.14. The number of benzene rings is 3. The molecule has 0 saturated carbocycles. The van der Waals surface area contributed by atoms with Gasteiger partial charge in [0, 0.05) is 16.9 Å². The van der Waals surface area contributed by atoms with Gasteiger partial charge in [0.15, 0.2) is 11.0 Å². The lowest BCUT2D eigenvalue weighted by atomic mass is 10.1. The van der Waals surface area contributed by atoms with Crippen LogP contribution in [0.25, 0.3) is 17.1 Å². The monoisotopic (exact) mass is 421 g/mol. The van der Waals surface area contributed by atoms with Crippen LogP contribution < -0.4 is 4.74 Å². The van der Waals surface area contributed by atoms with Crippen LogP contribution in [0.2, 0.25) is 5.02 Å². The van der Waals surface area contributed by atoms with Crippen molar-refractivity contribution in [2.24, 2.45) is 0 Å². The molecule has 1 heterocycles. The number of hydrogen-bond donors (Lipinski definition) is 0. The maximum Gasteiger partial charge on any atom is 0.196 e. The minimum Gasteiger partial charge on any atom is -0.496 e. The highest BCUT2D eigenvalue weighted by molar-refractivity contribution is 7.98. The predicted octanol–water partition coefficient (Wildman–Crippen LogP) is 6.20. The smallest absolute Gasteiger partial charge is 0.196 e. The Morgan fingerprint density at radius 3 is 2.45 bits per heavy atom. The highest BCUT2D eigenvalue weighted by atomic mass is 35.5. The van der Waals surface area contributed by atoms with E-state index in [0.29, 0.717) is 5.02 Å². The number of ether oxygens (including phenoxy) is 1. The molecule has 0 bridgehead atoms. The Hall–Kier alpha value is -2.76. The molecule has 4 nitrogen and oxygen atoms in total. The molecule has 0 spiro atoms. The molecule has 4 aromatic rings. The third kappa shape index (κ3) is 4.02. The van der Waals surface area contributed by atoms with Crippen molar-refractivity contribution in [3.63, 3.8) is 0 Å². The maximum atomic E-state index is 6.48. The summed E-state index contributed by atoms with van der Waals surface area (Å²) in [6, 6.07) is 23.9. The highest BCUT2D eigenvalue weighted by Crippen LogP contribution is 2.34. The molecule has 0 radical (unpaired) electrons. The summed E-state index contributed by atoms with van der Waals surface area (Å²) in [6.07, 6.45) is 0. The number of rotatable bonds is 6. The third-order valence-electron chi connectivity index (χ3n) is 4.65. The molecule has 3 aromatic carbocycles. The van der Waals surface area contributed by atoms with E-state index in [2.05, 4.69) is 39.9 Å². The van der Waals surface area contributed by atoms with Gasteiger partial charge in [-0.25, -0.2) is 0 Å². The standard InChI is InChI=1S/C23H20ClN3OS/c1-16-9-3-7-13-20(16)27-22(18-11-5-6-12-19(18)24)25-26-23(27)29-15-17-10-4-8-14-21(17)28-2/h3-14H,15H2,1-2H3. The summed E-state index contributed by atoms with van der Waals surface area (Å²) in [4.78, 5) is 0. The van der Waals surface area contributed by atoms with Gasteiger partial charge in [0.1, 0.15) is 5.75 Å². The van der Waals surface area contributed by atoms with E-state index in [1.165, 1.54) is 0 Å². The fourth-order valence-corrected chi connectivity index (χ4v) is 4.33. The van der Waals surface area contributed by atoms with Crippen LogP contribution in [0.4, 0.5) is 0 Å². The fourth-order valence-electron chi connectivity index (χ4n) is 3.18. The molecule has 146 valence electrons. The summed E-state index contributed by atoms with van der Waals surface area (Å²) in [6.45, 7) is 2.08. The molecule has 0 atom stereocenters. The van der Waals surface area contributed by atoms with Crippen molar-refractivity contribution in [3.05, 3.63) is 88.9 Å². The summed E-state index contributed by atoms with van der Waals surface area (Å²) in [5.74, 6) is 2.32. The van der Waals surface area contributed by atoms with Crippen LogP contribution in [0.1, 0.15) is 11.1 Å². The van der Waals surface area contributed by atoms with Crippen LogP contribution in [0.3, 0.4) is 0 Å². The molecule has 0 N–H and O–H groups in total. The summed E-state index contributed by atoms with van der Waals surface area (Å²) >= 11 is 8.10. The van der Waals surface area contributed by atoms with Crippen molar-refractivity contribution in [1.29, 1.82) is 0 Å². The van der Waals surface area contributed by atoms with Crippen molar-refractivity contribution in [2.45, 2.75) is 17.8 Å². The van der Waals surface area contributed by atoms with Gasteiger partial charge in [-0.15, -0.1) is 10.2 Å². The zero-order valence-corrected chi connectivity index (χ0v) is 17.7. The summed E-state index contributed by atoms with van der Waals surface area (Å²) in [5, 5.41) is 10.4. The molecule has 0 unspecified atom stereocenters. The van der Waals surface area contributed by atoms with Gasteiger partial charge in [0.05, 0.1) is 17.8 Å². The Kier molecular flexibility index (Phi) is 5.88. The topological polar surface area (TPSA) is 39.9 Å². The number of thioether (sulfide) groups is 1. The largest absolute Gasteiger partial charge is 0.496 e. The van der Waals surface area contributed by atoms with E-state index in [4.69, 9.17) is 16.3 Å². The first-order valence-corrected chi connectivity index (χ1v) is 10.6. The van der Waals surface area contributed by atoms with Crippen molar-refractivity contribution >= 4 is 23.4 Å². The SMILES string of the molecule is COc1ccccc1CSc1nnc(-c2ccccc2Cl)n1-c1ccccc1C. The first-order chi connectivity index (χ1) is 14.2. The van der Waals surface area contributed by atoms with Crippen LogP contribution in [0.5, 0.6) is 5.75 Å². The van der Waals surface area contributed by atoms with Crippen LogP contribution in [0.15, 0.2) is 78.0 Å². The minimum absolute atomic E-state index is 0.649. The molecule has 0 fully saturated rings. The summed E-state index contributed by atoms with van der Waals surface area (Å²) in [7, 11) is 1.69. The average molecular weight is 422 g/mol. The fraction of sp³-hybridized carbons (Fsp3) is 0.130. The van der Waals surface area contributed by atoms with Crippen LogP contribution in [-0.2, 0) is 5.75 Å². The molecular weight excluding hydrogens is 402 g/mol. The van der Waals surface area contributed by atoms with E-state index >= 15 is 0 Å². The minimum atomic E-state index is 0.649. The normalized spacial score (nSPS) is 10.9. The summed E-state index contributed by atoms with van der Waals surface area (Å²) in [5.41, 5.74) is 4.14. The number of para-hydroxylation sites is 2. The van der Waals surface area contributed by atoms with Gasteiger partial charge in [0.25, 0.3) is 0 Å². The lowest BCUT2D eigenvalue weighted by Crippen LogP contribution is -2.02. The Morgan fingerprint density at radius 2 is 1.66 bits per heavy atom. The Labute approximate surface area is 179 Å². The molecule has 6 heteroatoms. The van der Waals surface area contributed by atoms with Crippen molar-refractivity contribution in [2.75, 3.05) is 7.11 Å². The van der Waals surface area contributed by atoms with Gasteiger partial charge in [0.2, 0.25) is 0 Å². The zero-order chi connectivity index (χ0) is 20.2. The Morgan fingerprint density at radius 1 is 0.931 bits per heavy atom. The van der Waals surface area contributed by atoms with Gasteiger partial charge in [-0.2, -0.15) is 0 Å². The molecule has 0 aliphatic heterocycles. The number of methoxy groups -OCH3 is 1. The van der Waals surface area contributed by atoms with E-state index in [1.54, 1.807) is 18.9 Å². The second-order valence-electron chi connectivity index (χ2n) is 6.51. The molecule has 0 saturated heterocycles. The lowest BCUT2D eigenvalue weighted by molar-refractivity contribution is 0.411. The van der Waals surface area contributed by atoms with E-state index in [1.807, 2.05) is 54.6 Å². The number of nitrogens with zero attached hydrogens (tertiary/aromatic N) is 3. The Bertz CT molecular complexity index is 1140. The number of aromatic nitrogens is 3. The van der Waals surface area contributed by atoms with Gasteiger partial charge < -0.3 is 4.74 Å². The quantitative estimate of drug-likeness (QED) is 0.347. The van der Waals surface area contributed by atoms with E-state index in [-0.39, 0.29) is 0 Å². The average Bonchev–Trinajstić information content (AvgIpc) is 3.16. The van der Waals surface area contributed by atoms with Crippen molar-refractivity contribution in [1.82, 2.24) is 14.8 Å². The van der Waals surface area contributed by atoms with Crippen LogP contribution >= 0.6 is 23.4 Å². The molecule has 4 rings (SSSR count). The molecule has 0 aliphatic carbocycles. The van der Waals surface area contributed by atoms with Gasteiger partial charge in [-0.05, 0) is 36.8 Å². The van der Waals surface area contributed by atoms with E-state index in [0.717, 1.165) is 44.9 Å². The number of aryl methyl sites for hydroxylation is 1. The number of halogens is 1. The number of hydrogen-bond acceptors (Lipinski definition) is 4. The van der Waals surface area contributed by atoms with Crippen molar-refractivity contribution in [3.8, 4) is 22.8 Å². The zero-order valence-electron chi connectivity index (χ0n) is 16.2.